The van der Waals surface area contributed by atoms with E-state index in [9.17, 15) is 9.90 Å². The number of anilines is 2. The third-order valence-electron chi connectivity index (χ3n) is 2.39. The average Bonchev–Trinajstić information content (AvgIpc) is 2.41. The highest BCUT2D eigenvalue weighted by Crippen LogP contribution is 2.20. The fourth-order valence-corrected chi connectivity index (χ4v) is 1.56. The number of carbonyl (C=O) groups is 1. The van der Waals surface area contributed by atoms with Gasteiger partial charge in [0, 0.05) is 5.69 Å². The van der Waals surface area contributed by atoms with Crippen molar-refractivity contribution in [3.63, 3.8) is 0 Å². The van der Waals surface area contributed by atoms with Gasteiger partial charge in [-0.05, 0) is 24.3 Å². The number of benzene rings is 1. The molecule has 2 rings (SSSR count). The number of hydrogen-bond donors (Lipinski definition) is 4. The topological polar surface area (TPSA) is 127 Å². The van der Waals surface area contributed by atoms with Crippen molar-refractivity contribution in [2.24, 2.45) is 11.5 Å². The lowest BCUT2D eigenvalue weighted by atomic mass is 10.3. The number of rotatable bonds is 4. The van der Waals surface area contributed by atoms with Crippen LogP contribution in [0.3, 0.4) is 0 Å². The number of amides is 1. The highest BCUT2D eigenvalue weighted by molar-refractivity contribution is 7.80. The first-order chi connectivity index (χ1) is 9.47. The lowest BCUT2D eigenvalue weighted by molar-refractivity contribution is 0.0996. The molecule has 102 valence electrons. The molecule has 0 aliphatic rings. The van der Waals surface area contributed by atoms with Crippen LogP contribution >= 0.6 is 12.2 Å². The van der Waals surface area contributed by atoms with E-state index in [0.29, 0.717) is 5.69 Å². The smallest absolute Gasteiger partial charge is 0.271 e. The second-order valence-corrected chi connectivity index (χ2v) is 4.29. The molecule has 7 nitrogen and oxygen atoms in total. The summed E-state index contributed by atoms with van der Waals surface area (Å²) < 4.78 is 0. The number of nitrogens with one attached hydrogen (secondary N) is 1. The molecule has 0 saturated carbocycles. The van der Waals surface area contributed by atoms with Crippen LogP contribution in [0.5, 0.6) is 5.75 Å². The van der Waals surface area contributed by atoms with Gasteiger partial charge in [0.05, 0.1) is 6.20 Å². The summed E-state index contributed by atoms with van der Waals surface area (Å²) >= 11 is 4.81. The second-order valence-electron chi connectivity index (χ2n) is 3.85. The van der Waals surface area contributed by atoms with Gasteiger partial charge in [-0.25, -0.2) is 9.97 Å². The quantitative estimate of drug-likeness (QED) is 0.481. The minimum atomic E-state index is -0.728. The van der Waals surface area contributed by atoms with E-state index >= 15 is 0 Å². The fraction of sp³-hybridized carbons (Fsp3) is 0. The Balaban J connectivity index is 2.41. The molecule has 0 bridgehead atoms. The third kappa shape index (κ3) is 2.98. The van der Waals surface area contributed by atoms with E-state index in [2.05, 4.69) is 15.3 Å². The minimum absolute atomic E-state index is 0.0296. The van der Waals surface area contributed by atoms with E-state index in [1.54, 1.807) is 12.1 Å². The van der Waals surface area contributed by atoms with Crippen LogP contribution in [-0.2, 0) is 0 Å². The summed E-state index contributed by atoms with van der Waals surface area (Å²) in [6, 6.07) is 6.18. The second kappa shape index (κ2) is 5.49. The van der Waals surface area contributed by atoms with Crippen LogP contribution in [-0.4, -0.2) is 26.0 Å². The number of carbonyl (C=O) groups excluding carboxylic acids is 1. The summed E-state index contributed by atoms with van der Waals surface area (Å²) in [6.45, 7) is 0. The maximum absolute atomic E-state index is 11.3. The van der Waals surface area contributed by atoms with Crippen molar-refractivity contribution in [1.82, 2.24) is 9.97 Å². The zero-order valence-electron chi connectivity index (χ0n) is 10.2. The van der Waals surface area contributed by atoms with E-state index in [4.69, 9.17) is 23.7 Å². The van der Waals surface area contributed by atoms with Crippen molar-refractivity contribution >= 4 is 34.6 Å². The Morgan fingerprint density at radius 1 is 1.25 bits per heavy atom. The van der Waals surface area contributed by atoms with Gasteiger partial charge in [0.1, 0.15) is 16.4 Å². The summed E-state index contributed by atoms with van der Waals surface area (Å²) in [5.74, 6) is -0.463. The van der Waals surface area contributed by atoms with E-state index in [-0.39, 0.29) is 27.9 Å². The van der Waals surface area contributed by atoms with Gasteiger partial charge in [-0.1, -0.05) is 12.2 Å². The summed E-state index contributed by atoms with van der Waals surface area (Å²) in [5, 5.41) is 12.1. The molecule has 0 radical (unpaired) electrons. The van der Waals surface area contributed by atoms with E-state index < -0.39 is 5.91 Å². The molecule has 0 aliphatic carbocycles. The number of aromatic nitrogens is 2. The molecule has 0 aliphatic heterocycles. The fourth-order valence-electron chi connectivity index (χ4n) is 1.46. The standard InChI is InChI=1S/C12H11N5O2S/c13-10(19)9-12(17-8(5-15-9)11(14)20)16-6-1-3-7(18)4-2-6/h1-5,18H,(H2,13,19)(H2,14,20)(H,16,17). The van der Waals surface area contributed by atoms with E-state index in [0.717, 1.165) is 0 Å². The van der Waals surface area contributed by atoms with Crippen molar-refractivity contribution < 1.29 is 9.90 Å². The highest BCUT2D eigenvalue weighted by atomic mass is 32.1. The SMILES string of the molecule is NC(=O)c1ncc(C(N)=S)nc1Nc1ccc(O)cc1. The number of nitrogens with zero attached hydrogens (tertiary/aromatic N) is 2. The Hall–Kier alpha value is -2.74. The third-order valence-corrected chi connectivity index (χ3v) is 2.60. The Bertz CT molecular complexity index is 672. The summed E-state index contributed by atoms with van der Waals surface area (Å²) in [4.78, 5) is 19.4. The zero-order valence-corrected chi connectivity index (χ0v) is 11.0. The first kappa shape index (κ1) is 13.7. The van der Waals surface area contributed by atoms with Crippen LogP contribution in [0.4, 0.5) is 11.5 Å². The monoisotopic (exact) mass is 289 g/mol. The van der Waals surface area contributed by atoms with Crippen LogP contribution < -0.4 is 16.8 Å². The van der Waals surface area contributed by atoms with Crippen molar-refractivity contribution in [2.75, 3.05) is 5.32 Å². The first-order valence-corrected chi connectivity index (χ1v) is 5.91. The number of nitrogens with two attached hydrogens (primary N) is 2. The maximum atomic E-state index is 11.3. The predicted octanol–water partition coefficient (Wildman–Crippen LogP) is 0.659. The van der Waals surface area contributed by atoms with Gasteiger partial charge in [-0.15, -0.1) is 0 Å². The van der Waals surface area contributed by atoms with Crippen molar-refractivity contribution in [3.8, 4) is 5.75 Å². The van der Waals surface area contributed by atoms with E-state index in [1.807, 2.05) is 0 Å². The summed E-state index contributed by atoms with van der Waals surface area (Å²) in [7, 11) is 0. The van der Waals surface area contributed by atoms with Gasteiger partial charge in [-0.2, -0.15) is 0 Å². The molecule has 20 heavy (non-hydrogen) atoms. The number of thiocarbonyl (C=S) groups is 1. The normalized spacial score (nSPS) is 10.0. The molecule has 0 atom stereocenters. The van der Waals surface area contributed by atoms with Crippen LogP contribution in [0.15, 0.2) is 30.5 Å². The molecule has 0 spiro atoms. The molecule has 0 saturated heterocycles. The van der Waals surface area contributed by atoms with Gasteiger partial charge in [0.25, 0.3) is 5.91 Å². The molecule has 0 unspecified atom stereocenters. The highest BCUT2D eigenvalue weighted by Gasteiger charge is 2.14. The molecule has 2 aromatic rings. The molecule has 1 amide bonds. The largest absolute Gasteiger partial charge is 0.508 e. The number of hydrogen-bond acceptors (Lipinski definition) is 6. The molecular formula is C12H11N5O2S. The predicted molar refractivity (Wildman–Crippen MR) is 77.8 cm³/mol. The molecule has 8 heteroatoms. The Labute approximate surface area is 119 Å². The lowest BCUT2D eigenvalue weighted by Crippen LogP contribution is -2.19. The molecular weight excluding hydrogens is 278 g/mol. The lowest BCUT2D eigenvalue weighted by Gasteiger charge is -2.09. The number of phenols is 1. The van der Waals surface area contributed by atoms with Crippen LogP contribution in [0.2, 0.25) is 0 Å². The molecule has 1 aromatic heterocycles. The summed E-state index contributed by atoms with van der Waals surface area (Å²) in [6.07, 6.45) is 1.28. The maximum Gasteiger partial charge on any atom is 0.271 e. The number of primary amides is 1. The number of aromatic hydroxyl groups is 1. The van der Waals surface area contributed by atoms with Gasteiger partial charge >= 0.3 is 0 Å². The summed E-state index contributed by atoms with van der Waals surface area (Å²) in [5.41, 5.74) is 11.5. The molecule has 6 N–H and O–H groups in total. The average molecular weight is 289 g/mol. The number of phenolic OH excluding ortho intramolecular Hbond substituents is 1. The molecule has 1 aromatic carbocycles. The Morgan fingerprint density at radius 2 is 1.90 bits per heavy atom. The van der Waals surface area contributed by atoms with Crippen LogP contribution in [0.25, 0.3) is 0 Å². The van der Waals surface area contributed by atoms with Gasteiger partial charge in [0.15, 0.2) is 11.5 Å². The van der Waals surface area contributed by atoms with Gasteiger partial charge in [0.2, 0.25) is 0 Å². The Kier molecular flexibility index (Phi) is 3.76. The van der Waals surface area contributed by atoms with Crippen molar-refractivity contribution in [2.45, 2.75) is 0 Å². The minimum Gasteiger partial charge on any atom is -0.508 e. The van der Waals surface area contributed by atoms with Crippen LogP contribution in [0.1, 0.15) is 16.2 Å². The van der Waals surface area contributed by atoms with Gasteiger partial charge < -0.3 is 21.9 Å². The van der Waals surface area contributed by atoms with Crippen molar-refractivity contribution in [3.05, 3.63) is 41.9 Å². The van der Waals surface area contributed by atoms with Crippen molar-refractivity contribution in [1.29, 1.82) is 0 Å². The van der Waals surface area contributed by atoms with Crippen LogP contribution in [0, 0.1) is 0 Å². The molecule has 1 heterocycles. The Morgan fingerprint density at radius 3 is 2.45 bits per heavy atom. The van der Waals surface area contributed by atoms with E-state index in [1.165, 1.54) is 18.3 Å². The van der Waals surface area contributed by atoms with Gasteiger partial charge in [-0.3, -0.25) is 4.79 Å². The zero-order chi connectivity index (χ0) is 14.7. The first-order valence-electron chi connectivity index (χ1n) is 5.50. The molecule has 0 fully saturated rings.